The van der Waals surface area contributed by atoms with Gasteiger partial charge < -0.3 is 16.0 Å². The number of amidine groups is 1. The van der Waals surface area contributed by atoms with E-state index in [2.05, 4.69) is 5.32 Å². The predicted octanol–water partition coefficient (Wildman–Crippen LogP) is 1.47. The van der Waals surface area contributed by atoms with Gasteiger partial charge in [0.25, 0.3) is 0 Å². The molecule has 1 aromatic carbocycles. The van der Waals surface area contributed by atoms with Crippen LogP contribution in [0, 0.1) is 5.41 Å². The molecule has 1 unspecified atom stereocenters. The maximum Gasteiger partial charge on any atom is 0.318 e. The molecule has 1 heterocycles. The first-order valence-corrected chi connectivity index (χ1v) is 6.13. The third kappa shape index (κ3) is 2.80. The highest BCUT2D eigenvalue weighted by atomic mass is 16.2. The summed E-state index contributed by atoms with van der Waals surface area (Å²) in [7, 11) is 0. The number of likely N-dealkylation sites (tertiary alicyclic amines) is 1. The van der Waals surface area contributed by atoms with E-state index in [0.717, 1.165) is 31.5 Å². The third-order valence-electron chi connectivity index (χ3n) is 3.10. The number of rotatable bonds is 3. The van der Waals surface area contributed by atoms with Crippen molar-refractivity contribution in [3.8, 4) is 0 Å². The van der Waals surface area contributed by atoms with Gasteiger partial charge in [-0.15, -0.1) is 0 Å². The van der Waals surface area contributed by atoms with E-state index in [0.29, 0.717) is 0 Å². The number of nitrogens with two attached hydrogens (primary N) is 1. The zero-order valence-electron chi connectivity index (χ0n) is 10.2. The molecule has 1 aliphatic heterocycles. The van der Waals surface area contributed by atoms with E-state index in [9.17, 15) is 4.79 Å². The Labute approximate surface area is 106 Å². The Balaban J connectivity index is 2.07. The van der Waals surface area contributed by atoms with Crippen LogP contribution in [0.1, 0.15) is 24.4 Å². The number of nitrogens with one attached hydrogen (secondary N) is 2. The van der Waals surface area contributed by atoms with Gasteiger partial charge in [0.15, 0.2) is 0 Å². The Morgan fingerprint density at radius 2 is 1.89 bits per heavy atom. The lowest BCUT2D eigenvalue weighted by atomic mass is 10.1. The molecule has 5 heteroatoms. The van der Waals surface area contributed by atoms with E-state index in [1.54, 1.807) is 4.90 Å². The number of carbonyl (C=O) groups is 1. The molecule has 0 aromatic heterocycles. The lowest BCUT2D eigenvalue weighted by Crippen LogP contribution is -2.44. The Hall–Kier alpha value is -2.04. The van der Waals surface area contributed by atoms with Crippen LogP contribution in [0.25, 0.3) is 0 Å². The minimum Gasteiger partial charge on any atom is -0.386 e. The Morgan fingerprint density at radius 1 is 1.28 bits per heavy atom. The van der Waals surface area contributed by atoms with Crippen molar-refractivity contribution in [3.05, 3.63) is 35.9 Å². The summed E-state index contributed by atoms with van der Waals surface area (Å²) in [6.07, 6.45) is 2.09. The van der Waals surface area contributed by atoms with Crippen LogP contribution in [0.4, 0.5) is 4.79 Å². The molecule has 1 fully saturated rings. The summed E-state index contributed by atoms with van der Waals surface area (Å²) in [5.41, 5.74) is 6.40. The largest absolute Gasteiger partial charge is 0.386 e. The molecule has 0 radical (unpaired) electrons. The van der Waals surface area contributed by atoms with Crippen molar-refractivity contribution in [2.45, 2.75) is 18.9 Å². The van der Waals surface area contributed by atoms with E-state index in [1.165, 1.54) is 0 Å². The van der Waals surface area contributed by atoms with Crippen molar-refractivity contribution in [2.24, 2.45) is 5.73 Å². The first kappa shape index (κ1) is 12.4. The molecule has 4 N–H and O–H groups in total. The summed E-state index contributed by atoms with van der Waals surface area (Å²) in [4.78, 5) is 13.8. The molecule has 2 amide bonds. The average Bonchev–Trinajstić information content (AvgIpc) is 2.90. The lowest BCUT2D eigenvalue weighted by Gasteiger charge is -2.22. The fraction of sp³-hybridized carbons (Fsp3) is 0.385. The number of carbonyl (C=O) groups excluding carboxylic acids is 1. The van der Waals surface area contributed by atoms with Crippen LogP contribution in [0.2, 0.25) is 0 Å². The number of hydrogen-bond acceptors (Lipinski definition) is 2. The molecule has 0 saturated carbocycles. The van der Waals surface area contributed by atoms with E-state index < -0.39 is 6.04 Å². The standard InChI is InChI=1S/C13H18N4O/c14-12(15)11(10-6-2-1-3-7-10)16-13(18)17-8-4-5-9-17/h1-3,6-7,11H,4-5,8-9H2,(H3,14,15)(H,16,18). The quantitative estimate of drug-likeness (QED) is 0.557. The second-order valence-corrected chi connectivity index (χ2v) is 4.44. The van der Waals surface area contributed by atoms with Crippen molar-refractivity contribution in [1.29, 1.82) is 5.41 Å². The van der Waals surface area contributed by atoms with Crippen molar-refractivity contribution >= 4 is 11.9 Å². The number of benzene rings is 1. The summed E-state index contributed by atoms with van der Waals surface area (Å²) in [5.74, 6) is -0.0475. The highest BCUT2D eigenvalue weighted by Gasteiger charge is 2.23. The summed E-state index contributed by atoms with van der Waals surface area (Å²) in [6.45, 7) is 1.57. The first-order valence-electron chi connectivity index (χ1n) is 6.13. The SMILES string of the molecule is N=C(N)C(NC(=O)N1CCCC1)c1ccccc1. The second kappa shape index (κ2) is 5.53. The Kier molecular flexibility index (Phi) is 3.82. The van der Waals surface area contributed by atoms with Crippen molar-refractivity contribution in [2.75, 3.05) is 13.1 Å². The van der Waals surface area contributed by atoms with E-state index >= 15 is 0 Å². The van der Waals surface area contributed by atoms with Gasteiger partial charge in [0.1, 0.15) is 11.9 Å². The van der Waals surface area contributed by atoms with Gasteiger partial charge in [-0.05, 0) is 18.4 Å². The minimum atomic E-state index is -0.542. The number of amides is 2. The molecule has 1 atom stereocenters. The molecular weight excluding hydrogens is 228 g/mol. The van der Waals surface area contributed by atoms with Gasteiger partial charge in [-0.1, -0.05) is 30.3 Å². The van der Waals surface area contributed by atoms with Crippen molar-refractivity contribution < 1.29 is 4.79 Å². The molecule has 2 rings (SSSR count). The highest BCUT2D eigenvalue weighted by Crippen LogP contribution is 2.14. The van der Waals surface area contributed by atoms with E-state index in [4.69, 9.17) is 11.1 Å². The third-order valence-corrected chi connectivity index (χ3v) is 3.10. The number of urea groups is 1. The van der Waals surface area contributed by atoms with Crippen molar-refractivity contribution in [1.82, 2.24) is 10.2 Å². The van der Waals surface area contributed by atoms with Crippen molar-refractivity contribution in [3.63, 3.8) is 0 Å². The molecular formula is C13H18N4O. The maximum absolute atomic E-state index is 12.0. The summed E-state index contributed by atoms with van der Waals surface area (Å²) in [5, 5.41) is 10.4. The molecule has 1 aromatic rings. The maximum atomic E-state index is 12.0. The Bertz CT molecular complexity index is 426. The highest BCUT2D eigenvalue weighted by molar-refractivity contribution is 5.88. The van der Waals surface area contributed by atoms with Gasteiger partial charge in [-0.25, -0.2) is 4.79 Å². The van der Waals surface area contributed by atoms with Crippen LogP contribution in [0.5, 0.6) is 0 Å². The van der Waals surface area contributed by atoms with E-state index in [-0.39, 0.29) is 11.9 Å². The monoisotopic (exact) mass is 246 g/mol. The normalized spacial score (nSPS) is 16.3. The van der Waals surface area contributed by atoms with Crippen LogP contribution in [-0.4, -0.2) is 29.9 Å². The van der Waals surface area contributed by atoms with Gasteiger partial charge in [-0.3, -0.25) is 5.41 Å². The lowest BCUT2D eigenvalue weighted by molar-refractivity contribution is 0.207. The smallest absolute Gasteiger partial charge is 0.318 e. The molecule has 1 saturated heterocycles. The fourth-order valence-electron chi connectivity index (χ4n) is 2.12. The molecule has 0 aliphatic carbocycles. The fourth-order valence-corrected chi connectivity index (χ4v) is 2.12. The van der Waals surface area contributed by atoms with Crippen LogP contribution in [0.15, 0.2) is 30.3 Å². The summed E-state index contributed by atoms with van der Waals surface area (Å²) in [6, 6.07) is 8.66. The Morgan fingerprint density at radius 3 is 2.44 bits per heavy atom. The minimum absolute atomic E-state index is 0.0475. The molecule has 1 aliphatic rings. The molecule has 18 heavy (non-hydrogen) atoms. The number of nitrogens with zero attached hydrogens (tertiary/aromatic N) is 1. The van der Waals surface area contributed by atoms with Gasteiger partial charge >= 0.3 is 6.03 Å². The van der Waals surface area contributed by atoms with E-state index in [1.807, 2.05) is 30.3 Å². The van der Waals surface area contributed by atoms with Crippen LogP contribution < -0.4 is 11.1 Å². The molecule has 0 bridgehead atoms. The molecule has 0 spiro atoms. The zero-order chi connectivity index (χ0) is 13.0. The summed E-state index contributed by atoms with van der Waals surface area (Å²) < 4.78 is 0. The second-order valence-electron chi connectivity index (χ2n) is 4.44. The van der Waals surface area contributed by atoms with Crippen LogP contribution in [-0.2, 0) is 0 Å². The topological polar surface area (TPSA) is 82.2 Å². The summed E-state index contributed by atoms with van der Waals surface area (Å²) >= 11 is 0. The first-order chi connectivity index (χ1) is 8.68. The van der Waals surface area contributed by atoms with Gasteiger partial charge in [0.05, 0.1) is 0 Å². The predicted molar refractivity (Wildman–Crippen MR) is 70.4 cm³/mol. The average molecular weight is 246 g/mol. The van der Waals surface area contributed by atoms with Gasteiger partial charge in [0.2, 0.25) is 0 Å². The van der Waals surface area contributed by atoms with Gasteiger partial charge in [0, 0.05) is 13.1 Å². The van der Waals surface area contributed by atoms with Crippen LogP contribution >= 0.6 is 0 Å². The number of hydrogen-bond donors (Lipinski definition) is 3. The molecule has 5 nitrogen and oxygen atoms in total. The molecule has 96 valence electrons. The van der Waals surface area contributed by atoms with Gasteiger partial charge in [-0.2, -0.15) is 0 Å². The van der Waals surface area contributed by atoms with Crippen LogP contribution in [0.3, 0.4) is 0 Å². The zero-order valence-corrected chi connectivity index (χ0v) is 10.2.